The second-order valence-corrected chi connectivity index (χ2v) is 5.74. The van der Waals surface area contributed by atoms with Gasteiger partial charge in [0.1, 0.15) is 0 Å². The highest BCUT2D eigenvalue weighted by molar-refractivity contribution is 8.14. The van der Waals surface area contributed by atoms with Crippen molar-refractivity contribution in [1.82, 2.24) is 5.32 Å². The zero-order chi connectivity index (χ0) is 19.5. The summed E-state index contributed by atoms with van der Waals surface area (Å²) in [7, 11) is 0. The predicted octanol–water partition coefficient (Wildman–Crippen LogP) is -0.541. The molecule has 10 N–H and O–H groups in total. The number of carbonyl (C=O) groups is 2. The van der Waals surface area contributed by atoms with E-state index in [0.29, 0.717) is 11.3 Å². The molecule has 0 bridgehead atoms. The van der Waals surface area contributed by atoms with E-state index in [9.17, 15) is 9.59 Å². The molecule has 1 rings (SSSR count). The predicted molar refractivity (Wildman–Crippen MR) is 103 cm³/mol. The topological polar surface area (TPSA) is 186 Å². The van der Waals surface area contributed by atoms with Crippen LogP contribution in [0.4, 0.5) is 5.69 Å². The van der Waals surface area contributed by atoms with Crippen molar-refractivity contribution in [3.05, 3.63) is 53.9 Å². The largest absolute Gasteiger partial charge is 0.478 e. The molecule has 0 atom stereocenters. The summed E-state index contributed by atoms with van der Waals surface area (Å²) in [6.45, 7) is 0.224. The van der Waals surface area contributed by atoms with Crippen molar-refractivity contribution >= 4 is 34.5 Å². The van der Waals surface area contributed by atoms with Crippen LogP contribution in [0.1, 0.15) is 10.4 Å². The third kappa shape index (κ3) is 6.37. The zero-order valence-corrected chi connectivity index (χ0v) is 14.6. The Hall–Kier alpha value is -3.18. The lowest BCUT2D eigenvalue weighted by atomic mass is 10.2. The van der Waals surface area contributed by atoms with E-state index in [4.69, 9.17) is 28.3 Å². The molecule has 0 aliphatic heterocycles. The molecule has 0 aromatic heterocycles. The molecule has 0 aliphatic carbocycles. The number of hydrazine groups is 1. The minimum atomic E-state index is -1.05. The van der Waals surface area contributed by atoms with Gasteiger partial charge in [-0.3, -0.25) is 9.80 Å². The fraction of sp³-hybridized carbons (Fsp3) is 0.133. The van der Waals surface area contributed by atoms with Gasteiger partial charge in [-0.05, 0) is 48.3 Å². The molecular formula is C15H21N7O3S. The van der Waals surface area contributed by atoms with Gasteiger partial charge in [-0.25, -0.2) is 10.6 Å². The summed E-state index contributed by atoms with van der Waals surface area (Å²) >= 11 is 1.02. The Morgan fingerprint density at radius 2 is 1.92 bits per heavy atom. The number of hydrazone groups is 1. The van der Waals surface area contributed by atoms with Crippen molar-refractivity contribution in [1.29, 1.82) is 0 Å². The summed E-state index contributed by atoms with van der Waals surface area (Å²) in [5, 5.41) is 16.5. The molecule has 1 aromatic carbocycles. The van der Waals surface area contributed by atoms with Gasteiger partial charge in [-0.15, -0.1) is 0 Å². The molecule has 10 nitrogen and oxygen atoms in total. The maximum absolute atomic E-state index is 11.9. The molecule has 0 spiro atoms. The van der Waals surface area contributed by atoms with E-state index in [0.717, 1.165) is 16.8 Å². The third-order valence-corrected chi connectivity index (χ3v) is 4.02. The number of carboxylic acids is 1. The molecule has 0 heterocycles. The van der Waals surface area contributed by atoms with Crippen molar-refractivity contribution < 1.29 is 14.7 Å². The Kier molecular flexibility index (Phi) is 8.54. The van der Waals surface area contributed by atoms with E-state index >= 15 is 0 Å². The summed E-state index contributed by atoms with van der Waals surface area (Å²) in [4.78, 5) is 22.8. The van der Waals surface area contributed by atoms with Crippen LogP contribution in [0.15, 0.2) is 53.4 Å². The van der Waals surface area contributed by atoms with Crippen LogP contribution in [0.3, 0.4) is 0 Å². The molecule has 0 saturated carbocycles. The number of carbonyl (C=O) groups excluding carboxylic acids is 1. The lowest BCUT2D eigenvalue weighted by Crippen LogP contribution is -2.37. The lowest BCUT2D eigenvalue weighted by Gasteiger charge is -2.19. The number of amides is 1. The fourth-order valence-electron chi connectivity index (χ4n) is 1.72. The van der Waals surface area contributed by atoms with Crippen LogP contribution in [0.5, 0.6) is 0 Å². The van der Waals surface area contributed by atoms with E-state index < -0.39 is 5.97 Å². The zero-order valence-electron chi connectivity index (χ0n) is 13.8. The van der Waals surface area contributed by atoms with Crippen LogP contribution in [-0.2, 0) is 4.79 Å². The second-order valence-electron chi connectivity index (χ2n) is 4.80. The molecule has 1 amide bonds. The Balaban J connectivity index is 2.61. The normalized spacial score (nSPS) is 12.2. The molecule has 0 aliphatic rings. The van der Waals surface area contributed by atoms with Crippen molar-refractivity contribution in [3.63, 3.8) is 0 Å². The number of nitrogens with two attached hydrogens (primary N) is 4. The first kappa shape index (κ1) is 20.9. The molecule has 11 heteroatoms. The second kappa shape index (κ2) is 10.6. The summed E-state index contributed by atoms with van der Waals surface area (Å²) in [6, 6.07) is 5.81. The Labute approximate surface area is 154 Å². The van der Waals surface area contributed by atoms with Crippen molar-refractivity contribution in [2.75, 3.05) is 17.3 Å². The number of benzene rings is 1. The summed E-state index contributed by atoms with van der Waals surface area (Å²) in [6.07, 6.45) is 4.23. The van der Waals surface area contributed by atoms with Gasteiger partial charge in [-0.2, -0.15) is 5.10 Å². The van der Waals surface area contributed by atoms with Gasteiger partial charge in [0.05, 0.1) is 17.0 Å². The fourth-order valence-corrected chi connectivity index (χ4v) is 2.40. The lowest BCUT2D eigenvalue weighted by molar-refractivity contribution is -0.118. The highest BCUT2D eigenvalue weighted by atomic mass is 32.2. The third-order valence-electron chi connectivity index (χ3n) is 3.06. The van der Waals surface area contributed by atoms with E-state index in [1.807, 2.05) is 0 Å². The summed E-state index contributed by atoms with van der Waals surface area (Å²) in [5.74, 6) is 9.94. The van der Waals surface area contributed by atoms with Crippen LogP contribution in [0, 0.1) is 0 Å². The summed E-state index contributed by atoms with van der Waals surface area (Å²) in [5.41, 5.74) is 11.9. The number of nitrogens with one attached hydrogen (secondary N) is 1. The SMILES string of the molecule is N/C=C\C(=C/N)CNC(=O)CS/C(=N/N)N(N)c1ccc(C(=O)O)cc1. The van der Waals surface area contributed by atoms with Crippen molar-refractivity contribution in [3.8, 4) is 0 Å². The highest BCUT2D eigenvalue weighted by Gasteiger charge is 2.14. The monoisotopic (exact) mass is 379 g/mol. The minimum absolute atomic E-state index is 0.0150. The maximum Gasteiger partial charge on any atom is 0.335 e. The first-order valence-corrected chi connectivity index (χ1v) is 8.26. The molecule has 0 fully saturated rings. The van der Waals surface area contributed by atoms with E-state index in [1.165, 1.54) is 36.7 Å². The van der Waals surface area contributed by atoms with Crippen molar-refractivity contribution in [2.45, 2.75) is 0 Å². The molecule has 0 radical (unpaired) electrons. The Morgan fingerprint density at radius 1 is 1.27 bits per heavy atom. The Bertz CT molecular complexity index is 716. The molecule has 140 valence electrons. The first-order chi connectivity index (χ1) is 12.4. The van der Waals surface area contributed by atoms with Crippen LogP contribution >= 0.6 is 11.8 Å². The average molecular weight is 379 g/mol. The number of amidine groups is 1. The van der Waals surface area contributed by atoms with Gasteiger partial charge in [0.25, 0.3) is 0 Å². The Morgan fingerprint density at radius 3 is 2.42 bits per heavy atom. The summed E-state index contributed by atoms with van der Waals surface area (Å²) < 4.78 is 0. The van der Waals surface area contributed by atoms with Gasteiger partial charge in [0, 0.05) is 6.54 Å². The van der Waals surface area contributed by atoms with Crippen LogP contribution in [0.25, 0.3) is 0 Å². The number of hydrogen-bond acceptors (Lipinski definition) is 8. The van der Waals surface area contributed by atoms with Gasteiger partial charge >= 0.3 is 5.97 Å². The average Bonchev–Trinajstić information content (AvgIpc) is 2.65. The van der Waals surface area contributed by atoms with E-state index in [2.05, 4.69) is 10.4 Å². The number of rotatable bonds is 7. The van der Waals surface area contributed by atoms with Gasteiger partial charge < -0.3 is 27.7 Å². The number of carboxylic acid groups (broad SMARTS) is 1. The smallest absolute Gasteiger partial charge is 0.335 e. The number of hydrogen-bond donors (Lipinski definition) is 6. The van der Waals surface area contributed by atoms with Crippen LogP contribution < -0.4 is 33.5 Å². The molecule has 0 unspecified atom stereocenters. The standard InChI is InChI=1S/C15H21N7O3S/c16-6-5-10(7-17)8-20-13(23)9-26-15(21-18)22(19)12-3-1-11(2-4-12)14(24)25/h1-7H,8-9,16-19H2,(H,20,23)(H,24,25)/b6-5-,10-7+,21-15+. The first-order valence-electron chi connectivity index (χ1n) is 7.27. The molecule has 0 saturated heterocycles. The molecule has 1 aromatic rings. The van der Waals surface area contributed by atoms with Gasteiger partial charge in [0.2, 0.25) is 11.1 Å². The van der Waals surface area contributed by atoms with E-state index in [1.54, 1.807) is 6.08 Å². The van der Waals surface area contributed by atoms with E-state index in [-0.39, 0.29) is 28.9 Å². The number of anilines is 1. The number of nitrogens with zero attached hydrogens (tertiary/aromatic N) is 2. The van der Waals surface area contributed by atoms with Gasteiger partial charge in [0.15, 0.2) is 0 Å². The van der Waals surface area contributed by atoms with Gasteiger partial charge in [-0.1, -0.05) is 11.8 Å². The minimum Gasteiger partial charge on any atom is -0.478 e. The highest BCUT2D eigenvalue weighted by Crippen LogP contribution is 2.17. The quantitative estimate of drug-likeness (QED) is 0.119. The molecular weight excluding hydrogens is 358 g/mol. The number of thioether (sulfide) groups is 1. The van der Waals surface area contributed by atoms with Crippen molar-refractivity contribution in [2.24, 2.45) is 28.3 Å². The molecule has 26 heavy (non-hydrogen) atoms. The van der Waals surface area contributed by atoms with Crippen LogP contribution in [-0.4, -0.2) is 34.4 Å². The van der Waals surface area contributed by atoms with Crippen LogP contribution in [0.2, 0.25) is 0 Å². The number of aromatic carboxylic acids is 1. The maximum atomic E-state index is 11.9.